The van der Waals surface area contributed by atoms with Crippen LogP contribution in [0.3, 0.4) is 0 Å². The molecule has 0 bridgehead atoms. The first-order chi connectivity index (χ1) is 9.09. The van der Waals surface area contributed by atoms with Gasteiger partial charge in [-0.1, -0.05) is 30.3 Å². The molecule has 1 amide bonds. The Morgan fingerprint density at radius 2 is 1.79 bits per heavy atom. The van der Waals surface area contributed by atoms with E-state index in [0.29, 0.717) is 13.2 Å². The summed E-state index contributed by atoms with van der Waals surface area (Å²) in [4.78, 5) is 14.3. The lowest BCUT2D eigenvalue weighted by Crippen LogP contribution is -2.52. The first-order valence-corrected chi connectivity index (χ1v) is 6.73. The number of hydrogen-bond acceptors (Lipinski definition) is 2. The number of carbonyl (C=O) groups excluding carboxylic acids is 1. The first-order valence-electron chi connectivity index (χ1n) is 6.73. The number of carbonyl (C=O) groups is 1. The van der Waals surface area contributed by atoms with Gasteiger partial charge >= 0.3 is 0 Å². The van der Waals surface area contributed by atoms with Crippen LogP contribution < -0.4 is 0 Å². The summed E-state index contributed by atoms with van der Waals surface area (Å²) >= 11 is 0. The molecule has 1 heterocycles. The van der Waals surface area contributed by atoms with E-state index >= 15 is 0 Å². The van der Waals surface area contributed by atoms with E-state index in [0.717, 1.165) is 11.1 Å². The van der Waals surface area contributed by atoms with Gasteiger partial charge in [-0.3, -0.25) is 4.79 Å². The number of morpholine rings is 1. The highest BCUT2D eigenvalue weighted by Crippen LogP contribution is 2.17. The number of ether oxygens (including phenoxy) is 1. The average Bonchev–Trinajstić information content (AvgIpc) is 2.39. The monoisotopic (exact) mass is 259 g/mol. The molecule has 1 aromatic rings. The summed E-state index contributed by atoms with van der Waals surface area (Å²) in [5, 5.41) is 0. The second-order valence-electron chi connectivity index (χ2n) is 5.17. The highest BCUT2D eigenvalue weighted by atomic mass is 16.5. The van der Waals surface area contributed by atoms with E-state index in [1.54, 1.807) is 6.08 Å². The van der Waals surface area contributed by atoms with Crippen molar-refractivity contribution in [2.24, 2.45) is 0 Å². The van der Waals surface area contributed by atoms with E-state index in [2.05, 4.69) is 0 Å². The van der Waals surface area contributed by atoms with Crippen LogP contribution in [0.5, 0.6) is 0 Å². The molecule has 1 fully saturated rings. The zero-order valence-electron chi connectivity index (χ0n) is 11.8. The molecule has 0 aliphatic carbocycles. The van der Waals surface area contributed by atoms with Crippen molar-refractivity contribution < 1.29 is 9.53 Å². The normalized spacial score (nSPS) is 24.4. The Morgan fingerprint density at radius 3 is 2.37 bits per heavy atom. The number of benzene rings is 1. The quantitative estimate of drug-likeness (QED) is 0.764. The van der Waals surface area contributed by atoms with Gasteiger partial charge in [0.15, 0.2) is 0 Å². The van der Waals surface area contributed by atoms with Crippen molar-refractivity contribution in [1.82, 2.24) is 4.90 Å². The molecule has 3 nitrogen and oxygen atoms in total. The molecular weight excluding hydrogens is 238 g/mol. The Kier molecular flexibility index (Phi) is 4.38. The second-order valence-corrected chi connectivity index (χ2v) is 5.17. The van der Waals surface area contributed by atoms with Crippen LogP contribution in [-0.2, 0) is 9.53 Å². The summed E-state index contributed by atoms with van der Waals surface area (Å²) in [6.07, 6.45) is 1.73. The summed E-state index contributed by atoms with van der Waals surface area (Å²) in [7, 11) is 0. The standard InChI is InChI=1S/C16H21NO2/c1-12(15-7-5-4-6-8-15)9-16(18)17-13(2)10-19-11-14(17)3/h4-9,13-14H,10-11H2,1-3H3/b12-9+. The topological polar surface area (TPSA) is 29.5 Å². The van der Waals surface area contributed by atoms with Crippen LogP contribution in [0, 0.1) is 0 Å². The first kappa shape index (κ1) is 13.8. The molecule has 2 atom stereocenters. The molecule has 0 N–H and O–H groups in total. The van der Waals surface area contributed by atoms with E-state index in [9.17, 15) is 4.79 Å². The average molecular weight is 259 g/mol. The third-order valence-corrected chi connectivity index (χ3v) is 3.49. The molecule has 0 radical (unpaired) electrons. The summed E-state index contributed by atoms with van der Waals surface area (Å²) in [6.45, 7) is 7.27. The Hall–Kier alpha value is -1.61. The summed E-state index contributed by atoms with van der Waals surface area (Å²) in [6, 6.07) is 10.3. The minimum absolute atomic E-state index is 0.0738. The van der Waals surface area contributed by atoms with Gasteiger partial charge in [-0.05, 0) is 31.9 Å². The predicted molar refractivity (Wildman–Crippen MR) is 76.7 cm³/mol. The number of hydrogen-bond donors (Lipinski definition) is 0. The lowest BCUT2D eigenvalue weighted by molar-refractivity contribution is -0.138. The predicted octanol–water partition coefficient (Wildman–Crippen LogP) is 2.73. The fourth-order valence-corrected chi connectivity index (χ4v) is 2.48. The molecule has 0 spiro atoms. The Bertz CT molecular complexity index is 457. The van der Waals surface area contributed by atoms with Crippen molar-refractivity contribution in [3.8, 4) is 0 Å². The number of amides is 1. The molecule has 1 aromatic carbocycles. The number of allylic oxidation sites excluding steroid dienone is 1. The summed E-state index contributed by atoms with van der Waals surface area (Å²) < 4.78 is 5.45. The van der Waals surface area contributed by atoms with Crippen LogP contribution in [-0.4, -0.2) is 36.1 Å². The summed E-state index contributed by atoms with van der Waals surface area (Å²) in [5.74, 6) is 0.0738. The molecule has 1 saturated heterocycles. The lowest BCUT2D eigenvalue weighted by atomic mass is 10.1. The van der Waals surface area contributed by atoms with Gasteiger partial charge in [-0.2, -0.15) is 0 Å². The molecular formula is C16H21NO2. The molecule has 0 saturated carbocycles. The highest BCUT2D eigenvalue weighted by molar-refractivity contribution is 5.95. The van der Waals surface area contributed by atoms with Crippen molar-refractivity contribution in [2.75, 3.05) is 13.2 Å². The molecule has 2 rings (SSSR count). The highest BCUT2D eigenvalue weighted by Gasteiger charge is 2.28. The Labute approximate surface area is 114 Å². The lowest BCUT2D eigenvalue weighted by Gasteiger charge is -2.38. The van der Waals surface area contributed by atoms with Gasteiger partial charge in [0.2, 0.25) is 5.91 Å². The minimum atomic E-state index is 0.0738. The molecule has 1 aliphatic rings. The number of nitrogens with zero attached hydrogens (tertiary/aromatic N) is 1. The van der Waals surface area contributed by atoms with Gasteiger partial charge in [0.1, 0.15) is 0 Å². The van der Waals surface area contributed by atoms with Gasteiger partial charge < -0.3 is 9.64 Å². The van der Waals surface area contributed by atoms with E-state index in [4.69, 9.17) is 4.74 Å². The fraction of sp³-hybridized carbons (Fsp3) is 0.438. The van der Waals surface area contributed by atoms with Gasteiger partial charge in [0.05, 0.1) is 25.3 Å². The van der Waals surface area contributed by atoms with Crippen molar-refractivity contribution in [3.63, 3.8) is 0 Å². The van der Waals surface area contributed by atoms with Gasteiger partial charge in [0, 0.05) is 6.08 Å². The zero-order valence-corrected chi connectivity index (χ0v) is 11.8. The van der Waals surface area contributed by atoms with Crippen LogP contribution in [0.4, 0.5) is 0 Å². The molecule has 0 aromatic heterocycles. The minimum Gasteiger partial charge on any atom is -0.377 e. The van der Waals surface area contributed by atoms with Gasteiger partial charge in [0.25, 0.3) is 0 Å². The van der Waals surface area contributed by atoms with E-state index < -0.39 is 0 Å². The molecule has 1 aliphatic heterocycles. The molecule has 19 heavy (non-hydrogen) atoms. The Morgan fingerprint density at radius 1 is 1.21 bits per heavy atom. The van der Waals surface area contributed by atoms with Crippen LogP contribution >= 0.6 is 0 Å². The van der Waals surface area contributed by atoms with E-state index in [1.165, 1.54) is 0 Å². The third kappa shape index (κ3) is 3.24. The van der Waals surface area contributed by atoms with Crippen molar-refractivity contribution in [2.45, 2.75) is 32.9 Å². The van der Waals surface area contributed by atoms with Crippen molar-refractivity contribution in [1.29, 1.82) is 0 Å². The molecule has 2 unspecified atom stereocenters. The SMILES string of the molecule is C/C(=C\C(=O)N1C(C)COCC1C)c1ccccc1. The van der Waals surface area contributed by atoms with Gasteiger partial charge in [-0.15, -0.1) is 0 Å². The zero-order chi connectivity index (χ0) is 13.8. The molecule has 102 valence electrons. The number of rotatable bonds is 2. The van der Waals surface area contributed by atoms with Crippen LogP contribution in [0.1, 0.15) is 26.3 Å². The largest absolute Gasteiger partial charge is 0.377 e. The van der Waals surface area contributed by atoms with Gasteiger partial charge in [-0.25, -0.2) is 0 Å². The third-order valence-electron chi connectivity index (χ3n) is 3.49. The fourth-order valence-electron chi connectivity index (χ4n) is 2.48. The Balaban J connectivity index is 2.15. The van der Waals surface area contributed by atoms with Crippen LogP contribution in [0.2, 0.25) is 0 Å². The van der Waals surface area contributed by atoms with Crippen molar-refractivity contribution in [3.05, 3.63) is 42.0 Å². The maximum absolute atomic E-state index is 12.4. The summed E-state index contributed by atoms with van der Waals surface area (Å²) in [5.41, 5.74) is 2.08. The van der Waals surface area contributed by atoms with Crippen LogP contribution in [0.15, 0.2) is 36.4 Å². The molecule has 3 heteroatoms. The van der Waals surface area contributed by atoms with E-state index in [1.807, 2.05) is 56.0 Å². The van der Waals surface area contributed by atoms with Crippen LogP contribution in [0.25, 0.3) is 5.57 Å². The maximum atomic E-state index is 12.4. The maximum Gasteiger partial charge on any atom is 0.247 e. The van der Waals surface area contributed by atoms with Crippen molar-refractivity contribution >= 4 is 11.5 Å². The second kappa shape index (κ2) is 6.02. The van der Waals surface area contributed by atoms with E-state index in [-0.39, 0.29) is 18.0 Å². The smallest absolute Gasteiger partial charge is 0.247 e.